The molecule has 1 aliphatic heterocycles. The number of hydrogen-bond acceptors (Lipinski definition) is 3. The van der Waals surface area contributed by atoms with E-state index in [2.05, 4.69) is 24.1 Å². The lowest BCUT2D eigenvalue weighted by atomic mass is 9.92. The Hall–Kier alpha value is -0.480. The van der Waals surface area contributed by atoms with Gasteiger partial charge in [-0.1, -0.05) is 6.08 Å². The fourth-order valence-corrected chi connectivity index (χ4v) is 2.51. The Morgan fingerprint density at radius 3 is 3.19 bits per heavy atom. The molecular formula is C12H22N2OS. The molecule has 4 heteroatoms. The second-order valence-corrected chi connectivity index (χ2v) is 5.38. The first-order valence-corrected chi connectivity index (χ1v) is 7.09. The minimum Gasteiger partial charge on any atom is -0.355 e. The molecule has 2 atom stereocenters. The summed E-state index contributed by atoms with van der Waals surface area (Å²) in [6.45, 7) is 7.53. The average molecular weight is 242 g/mol. The summed E-state index contributed by atoms with van der Waals surface area (Å²) in [6.07, 6.45) is 3.82. The van der Waals surface area contributed by atoms with Gasteiger partial charge in [-0.25, -0.2) is 0 Å². The van der Waals surface area contributed by atoms with E-state index in [-0.39, 0.29) is 11.8 Å². The first-order chi connectivity index (χ1) is 7.74. The first kappa shape index (κ1) is 13.6. The van der Waals surface area contributed by atoms with Gasteiger partial charge in [0.05, 0.1) is 0 Å². The SMILES string of the molecule is C=CCSCCNC(=O)C1CCNC(C)C1. The predicted molar refractivity (Wildman–Crippen MR) is 70.7 cm³/mol. The number of amides is 1. The zero-order valence-corrected chi connectivity index (χ0v) is 10.8. The van der Waals surface area contributed by atoms with Crippen molar-refractivity contribution in [3.05, 3.63) is 12.7 Å². The van der Waals surface area contributed by atoms with Crippen LogP contribution >= 0.6 is 11.8 Å². The van der Waals surface area contributed by atoms with Crippen molar-refractivity contribution in [1.29, 1.82) is 0 Å². The Labute approximate surface area is 102 Å². The normalized spacial score (nSPS) is 25.1. The Balaban J connectivity index is 2.11. The molecule has 0 aliphatic carbocycles. The van der Waals surface area contributed by atoms with Crippen LogP contribution in [-0.4, -0.2) is 36.5 Å². The molecular weight excluding hydrogens is 220 g/mol. The average Bonchev–Trinajstić information content (AvgIpc) is 2.28. The van der Waals surface area contributed by atoms with Crippen molar-refractivity contribution in [2.24, 2.45) is 5.92 Å². The molecule has 1 saturated heterocycles. The number of rotatable bonds is 6. The third-order valence-corrected chi connectivity index (χ3v) is 3.74. The lowest BCUT2D eigenvalue weighted by Gasteiger charge is -2.27. The quantitative estimate of drug-likeness (QED) is 0.546. The van der Waals surface area contributed by atoms with Crippen molar-refractivity contribution in [1.82, 2.24) is 10.6 Å². The second kappa shape index (κ2) is 7.74. The van der Waals surface area contributed by atoms with Gasteiger partial charge in [0.25, 0.3) is 0 Å². The Bertz CT molecular complexity index is 233. The molecule has 1 aliphatic rings. The van der Waals surface area contributed by atoms with Crippen molar-refractivity contribution >= 4 is 17.7 Å². The molecule has 3 nitrogen and oxygen atoms in total. The van der Waals surface area contributed by atoms with Crippen molar-refractivity contribution in [2.45, 2.75) is 25.8 Å². The smallest absolute Gasteiger partial charge is 0.223 e. The van der Waals surface area contributed by atoms with Gasteiger partial charge in [-0.15, -0.1) is 6.58 Å². The summed E-state index contributed by atoms with van der Waals surface area (Å²) >= 11 is 1.80. The second-order valence-electron chi connectivity index (χ2n) is 4.23. The third kappa shape index (κ3) is 5.03. The van der Waals surface area contributed by atoms with E-state index in [4.69, 9.17) is 0 Å². The molecule has 0 aromatic carbocycles. The summed E-state index contributed by atoms with van der Waals surface area (Å²) in [7, 11) is 0. The molecule has 0 spiro atoms. The predicted octanol–water partition coefficient (Wildman–Crippen LogP) is 1.41. The number of thioether (sulfide) groups is 1. The maximum absolute atomic E-state index is 11.8. The molecule has 0 radical (unpaired) electrons. The molecule has 0 bridgehead atoms. The van der Waals surface area contributed by atoms with Gasteiger partial charge in [0.2, 0.25) is 5.91 Å². The van der Waals surface area contributed by atoms with Gasteiger partial charge in [-0.05, 0) is 26.3 Å². The highest BCUT2D eigenvalue weighted by atomic mass is 32.2. The van der Waals surface area contributed by atoms with Gasteiger partial charge in [0.1, 0.15) is 0 Å². The van der Waals surface area contributed by atoms with Crippen LogP contribution in [-0.2, 0) is 4.79 Å². The first-order valence-electron chi connectivity index (χ1n) is 5.93. The topological polar surface area (TPSA) is 41.1 Å². The number of hydrogen-bond donors (Lipinski definition) is 2. The molecule has 2 N–H and O–H groups in total. The Morgan fingerprint density at radius 1 is 1.69 bits per heavy atom. The highest BCUT2D eigenvalue weighted by Gasteiger charge is 2.23. The molecule has 2 unspecified atom stereocenters. The molecule has 1 rings (SSSR count). The summed E-state index contributed by atoms with van der Waals surface area (Å²) in [6, 6.07) is 0.472. The molecule has 1 heterocycles. The minimum atomic E-state index is 0.209. The van der Waals surface area contributed by atoms with Crippen LogP contribution in [0.3, 0.4) is 0 Å². The zero-order valence-electron chi connectivity index (χ0n) is 10.00. The molecule has 0 saturated carbocycles. The van der Waals surface area contributed by atoms with Crippen LogP contribution in [0.4, 0.5) is 0 Å². The maximum atomic E-state index is 11.8. The fraction of sp³-hybridized carbons (Fsp3) is 0.750. The number of carbonyl (C=O) groups is 1. The zero-order chi connectivity index (χ0) is 11.8. The highest BCUT2D eigenvalue weighted by Crippen LogP contribution is 2.15. The van der Waals surface area contributed by atoms with Gasteiger partial charge < -0.3 is 10.6 Å². The van der Waals surface area contributed by atoms with Crippen molar-refractivity contribution < 1.29 is 4.79 Å². The van der Waals surface area contributed by atoms with Crippen LogP contribution in [0.1, 0.15) is 19.8 Å². The summed E-state index contributed by atoms with van der Waals surface area (Å²) in [4.78, 5) is 11.8. The molecule has 1 amide bonds. The highest BCUT2D eigenvalue weighted by molar-refractivity contribution is 7.99. The van der Waals surface area contributed by atoms with Crippen LogP contribution < -0.4 is 10.6 Å². The van der Waals surface area contributed by atoms with Crippen LogP contribution in [0.25, 0.3) is 0 Å². The van der Waals surface area contributed by atoms with Gasteiger partial charge in [-0.2, -0.15) is 11.8 Å². The molecule has 1 fully saturated rings. The van der Waals surface area contributed by atoms with Crippen LogP contribution in [0.2, 0.25) is 0 Å². The van der Waals surface area contributed by atoms with Crippen LogP contribution in [0.15, 0.2) is 12.7 Å². The van der Waals surface area contributed by atoms with E-state index in [0.717, 1.165) is 37.4 Å². The summed E-state index contributed by atoms with van der Waals surface area (Å²) in [5.41, 5.74) is 0. The van der Waals surface area contributed by atoms with Gasteiger partial charge >= 0.3 is 0 Å². The van der Waals surface area contributed by atoms with Gasteiger partial charge in [0.15, 0.2) is 0 Å². The van der Waals surface area contributed by atoms with Crippen LogP contribution in [0.5, 0.6) is 0 Å². The van der Waals surface area contributed by atoms with Crippen LogP contribution in [0, 0.1) is 5.92 Å². The molecule has 92 valence electrons. The van der Waals surface area contributed by atoms with E-state index in [1.54, 1.807) is 11.8 Å². The van der Waals surface area contributed by atoms with Crippen molar-refractivity contribution in [2.75, 3.05) is 24.6 Å². The fourth-order valence-electron chi connectivity index (χ4n) is 1.93. The Kier molecular flexibility index (Phi) is 6.57. The minimum absolute atomic E-state index is 0.209. The number of carbonyl (C=O) groups excluding carboxylic acids is 1. The van der Waals surface area contributed by atoms with Gasteiger partial charge in [-0.3, -0.25) is 4.79 Å². The monoisotopic (exact) mass is 242 g/mol. The molecule has 16 heavy (non-hydrogen) atoms. The standard InChI is InChI=1S/C12H22N2OS/c1-3-7-16-8-6-14-12(15)11-4-5-13-10(2)9-11/h3,10-11,13H,1,4-9H2,2H3,(H,14,15). The van der Waals surface area contributed by atoms with E-state index in [9.17, 15) is 4.79 Å². The molecule has 0 aromatic heterocycles. The largest absolute Gasteiger partial charge is 0.355 e. The van der Waals surface area contributed by atoms with E-state index in [1.165, 1.54) is 0 Å². The maximum Gasteiger partial charge on any atom is 0.223 e. The lowest BCUT2D eigenvalue weighted by molar-refractivity contribution is -0.125. The number of piperidine rings is 1. The summed E-state index contributed by atoms with van der Waals surface area (Å²) in [5, 5.41) is 6.37. The van der Waals surface area contributed by atoms with E-state index in [1.807, 2.05) is 6.08 Å². The number of nitrogens with one attached hydrogen (secondary N) is 2. The Morgan fingerprint density at radius 2 is 2.50 bits per heavy atom. The van der Waals surface area contributed by atoms with Gasteiger partial charge in [0, 0.05) is 30.0 Å². The van der Waals surface area contributed by atoms with E-state index in [0.29, 0.717) is 6.04 Å². The summed E-state index contributed by atoms with van der Waals surface area (Å²) in [5.74, 6) is 2.37. The van der Waals surface area contributed by atoms with E-state index < -0.39 is 0 Å². The van der Waals surface area contributed by atoms with Crippen molar-refractivity contribution in [3.63, 3.8) is 0 Å². The lowest BCUT2D eigenvalue weighted by Crippen LogP contribution is -2.42. The third-order valence-electron chi connectivity index (χ3n) is 2.78. The van der Waals surface area contributed by atoms with E-state index >= 15 is 0 Å². The summed E-state index contributed by atoms with van der Waals surface area (Å²) < 4.78 is 0. The van der Waals surface area contributed by atoms with Crippen molar-refractivity contribution in [3.8, 4) is 0 Å². The molecule has 0 aromatic rings.